The molecule has 0 saturated heterocycles. The SMILES string of the molecule is CCC/C=C(\CC)Oc1cc(C(C)(C)CCCO)ccc1Br. The highest BCUT2D eigenvalue weighted by Gasteiger charge is 2.21. The molecule has 22 heavy (non-hydrogen) atoms. The number of ether oxygens (including phenoxy) is 1. The Labute approximate surface area is 143 Å². The van der Waals surface area contributed by atoms with Crippen molar-refractivity contribution < 1.29 is 9.84 Å². The molecule has 0 heterocycles. The Bertz CT molecular complexity index is 492. The highest BCUT2D eigenvalue weighted by Crippen LogP contribution is 2.35. The van der Waals surface area contributed by atoms with Gasteiger partial charge in [0.15, 0.2) is 0 Å². The summed E-state index contributed by atoms with van der Waals surface area (Å²) in [7, 11) is 0. The zero-order valence-corrected chi connectivity index (χ0v) is 15.9. The minimum atomic E-state index is 0.0288. The summed E-state index contributed by atoms with van der Waals surface area (Å²) in [6.45, 7) is 8.95. The molecule has 124 valence electrons. The summed E-state index contributed by atoms with van der Waals surface area (Å²) in [4.78, 5) is 0. The van der Waals surface area contributed by atoms with E-state index in [0.29, 0.717) is 0 Å². The number of unbranched alkanes of at least 4 members (excludes halogenated alkanes) is 1. The molecule has 0 atom stereocenters. The van der Waals surface area contributed by atoms with Crippen molar-refractivity contribution in [3.63, 3.8) is 0 Å². The van der Waals surface area contributed by atoms with E-state index < -0.39 is 0 Å². The van der Waals surface area contributed by atoms with Crippen LogP contribution in [0.5, 0.6) is 5.75 Å². The van der Waals surface area contributed by atoms with E-state index in [-0.39, 0.29) is 12.0 Å². The van der Waals surface area contributed by atoms with Crippen LogP contribution >= 0.6 is 15.9 Å². The van der Waals surface area contributed by atoms with Crippen molar-refractivity contribution in [3.05, 3.63) is 40.1 Å². The van der Waals surface area contributed by atoms with E-state index in [9.17, 15) is 0 Å². The quantitative estimate of drug-likeness (QED) is 0.543. The Morgan fingerprint density at radius 2 is 2.05 bits per heavy atom. The monoisotopic (exact) mass is 368 g/mol. The molecule has 0 bridgehead atoms. The van der Waals surface area contributed by atoms with Crippen molar-refractivity contribution in [2.24, 2.45) is 0 Å². The van der Waals surface area contributed by atoms with Gasteiger partial charge in [-0.25, -0.2) is 0 Å². The van der Waals surface area contributed by atoms with Gasteiger partial charge < -0.3 is 9.84 Å². The fourth-order valence-corrected chi connectivity index (χ4v) is 2.70. The van der Waals surface area contributed by atoms with Gasteiger partial charge in [0, 0.05) is 13.0 Å². The third-order valence-corrected chi connectivity index (χ3v) is 4.58. The number of hydrogen-bond acceptors (Lipinski definition) is 2. The van der Waals surface area contributed by atoms with Crippen molar-refractivity contribution in [1.82, 2.24) is 0 Å². The summed E-state index contributed by atoms with van der Waals surface area (Å²) in [5, 5.41) is 9.07. The molecule has 3 heteroatoms. The zero-order chi connectivity index (χ0) is 16.6. The lowest BCUT2D eigenvalue weighted by Gasteiger charge is -2.26. The largest absolute Gasteiger partial charge is 0.461 e. The Kier molecular flexibility index (Phi) is 8.19. The van der Waals surface area contributed by atoms with Gasteiger partial charge in [0.2, 0.25) is 0 Å². The van der Waals surface area contributed by atoms with Gasteiger partial charge in [0.1, 0.15) is 5.75 Å². The van der Waals surface area contributed by atoms with Crippen LogP contribution in [-0.4, -0.2) is 11.7 Å². The van der Waals surface area contributed by atoms with E-state index in [2.05, 4.69) is 67.9 Å². The minimum absolute atomic E-state index is 0.0288. The number of rotatable bonds is 9. The molecule has 0 unspecified atom stereocenters. The molecular weight excluding hydrogens is 340 g/mol. The molecule has 1 aromatic rings. The molecule has 0 fully saturated rings. The molecule has 0 amide bonds. The van der Waals surface area contributed by atoms with Crippen molar-refractivity contribution >= 4 is 15.9 Å². The highest BCUT2D eigenvalue weighted by molar-refractivity contribution is 9.10. The lowest BCUT2D eigenvalue weighted by Crippen LogP contribution is -2.17. The first kappa shape index (κ1) is 19.2. The Morgan fingerprint density at radius 3 is 2.64 bits per heavy atom. The molecule has 1 rings (SSSR count). The number of allylic oxidation sites excluding steroid dienone is 2. The number of benzene rings is 1. The fraction of sp³-hybridized carbons (Fsp3) is 0.579. The van der Waals surface area contributed by atoms with Crippen LogP contribution in [-0.2, 0) is 5.41 Å². The molecule has 0 saturated carbocycles. The standard InChI is InChI=1S/C19H29BrO2/c1-5-7-9-16(6-2)22-18-14-15(10-11-17(18)20)19(3,4)12-8-13-21/h9-11,14,21H,5-8,12-13H2,1-4H3/b16-9+. The molecule has 0 aromatic heterocycles. The van der Waals surface area contributed by atoms with Crippen LogP contribution in [0.1, 0.15) is 65.4 Å². The zero-order valence-electron chi connectivity index (χ0n) is 14.3. The molecule has 2 nitrogen and oxygen atoms in total. The summed E-state index contributed by atoms with van der Waals surface area (Å²) < 4.78 is 7.08. The van der Waals surface area contributed by atoms with Gasteiger partial charge in [0.05, 0.1) is 10.2 Å². The predicted octanol–water partition coefficient (Wildman–Crippen LogP) is 5.97. The molecule has 0 aliphatic carbocycles. The van der Waals surface area contributed by atoms with Gasteiger partial charge in [-0.15, -0.1) is 0 Å². The molecule has 0 aliphatic rings. The summed E-state index contributed by atoms with van der Waals surface area (Å²) >= 11 is 3.58. The minimum Gasteiger partial charge on any atom is -0.461 e. The van der Waals surface area contributed by atoms with Crippen LogP contribution in [0, 0.1) is 0 Å². The number of hydrogen-bond donors (Lipinski definition) is 1. The maximum Gasteiger partial charge on any atom is 0.141 e. The summed E-state index contributed by atoms with van der Waals surface area (Å²) in [6, 6.07) is 6.31. The van der Waals surface area contributed by atoms with Crippen molar-refractivity contribution in [3.8, 4) is 5.75 Å². The fourth-order valence-electron chi connectivity index (χ4n) is 2.37. The van der Waals surface area contributed by atoms with Crippen LogP contribution < -0.4 is 4.74 Å². The van der Waals surface area contributed by atoms with Gasteiger partial charge >= 0.3 is 0 Å². The van der Waals surface area contributed by atoms with Gasteiger partial charge in [0.25, 0.3) is 0 Å². The second-order valence-electron chi connectivity index (χ2n) is 6.27. The van der Waals surface area contributed by atoms with Crippen LogP contribution in [0.25, 0.3) is 0 Å². The summed E-state index contributed by atoms with van der Waals surface area (Å²) in [5.74, 6) is 1.90. The second kappa shape index (κ2) is 9.36. The van der Waals surface area contributed by atoms with E-state index in [0.717, 1.165) is 48.1 Å². The first-order chi connectivity index (χ1) is 10.4. The molecule has 1 aromatic carbocycles. The highest BCUT2D eigenvalue weighted by atomic mass is 79.9. The molecule has 0 radical (unpaired) electrons. The van der Waals surface area contributed by atoms with Crippen LogP contribution in [0.3, 0.4) is 0 Å². The van der Waals surface area contributed by atoms with Gasteiger partial charge in [-0.2, -0.15) is 0 Å². The molecular formula is C19H29BrO2. The Morgan fingerprint density at radius 1 is 1.32 bits per heavy atom. The predicted molar refractivity (Wildman–Crippen MR) is 97.4 cm³/mol. The molecule has 0 aliphatic heterocycles. The first-order valence-corrected chi connectivity index (χ1v) is 9.01. The molecule has 1 N–H and O–H groups in total. The van der Waals surface area contributed by atoms with E-state index in [1.165, 1.54) is 5.56 Å². The smallest absolute Gasteiger partial charge is 0.141 e. The maximum absolute atomic E-state index is 9.07. The average Bonchev–Trinajstić information content (AvgIpc) is 2.51. The number of aliphatic hydroxyl groups is 1. The van der Waals surface area contributed by atoms with Crippen LogP contribution in [0.15, 0.2) is 34.5 Å². The van der Waals surface area contributed by atoms with E-state index >= 15 is 0 Å². The van der Waals surface area contributed by atoms with E-state index in [4.69, 9.17) is 9.84 Å². The van der Waals surface area contributed by atoms with Crippen LogP contribution in [0.2, 0.25) is 0 Å². The maximum atomic E-state index is 9.07. The lowest BCUT2D eigenvalue weighted by atomic mass is 9.80. The average molecular weight is 369 g/mol. The summed E-state index contributed by atoms with van der Waals surface area (Å²) in [6.07, 6.45) is 7.01. The van der Waals surface area contributed by atoms with Gasteiger partial charge in [-0.3, -0.25) is 0 Å². The second-order valence-corrected chi connectivity index (χ2v) is 7.13. The third-order valence-electron chi connectivity index (χ3n) is 3.92. The topological polar surface area (TPSA) is 29.5 Å². The number of halogens is 1. The Hall–Kier alpha value is -0.800. The lowest BCUT2D eigenvalue weighted by molar-refractivity contribution is 0.268. The van der Waals surface area contributed by atoms with Crippen molar-refractivity contribution in [1.29, 1.82) is 0 Å². The van der Waals surface area contributed by atoms with Crippen LogP contribution in [0.4, 0.5) is 0 Å². The Balaban J connectivity index is 2.99. The normalized spacial score (nSPS) is 12.5. The van der Waals surface area contributed by atoms with Gasteiger partial charge in [-0.1, -0.05) is 40.2 Å². The van der Waals surface area contributed by atoms with Gasteiger partial charge in [-0.05, 0) is 64.4 Å². The molecule has 0 spiro atoms. The summed E-state index contributed by atoms with van der Waals surface area (Å²) in [5.41, 5.74) is 1.27. The van der Waals surface area contributed by atoms with E-state index in [1.807, 2.05) is 0 Å². The van der Waals surface area contributed by atoms with Crippen molar-refractivity contribution in [2.75, 3.05) is 6.61 Å². The van der Waals surface area contributed by atoms with Crippen molar-refractivity contribution in [2.45, 2.75) is 65.2 Å². The third kappa shape index (κ3) is 5.77. The van der Waals surface area contributed by atoms with E-state index in [1.54, 1.807) is 0 Å². The number of aliphatic hydroxyl groups excluding tert-OH is 1. The first-order valence-electron chi connectivity index (χ1n) is 8.22.